The van der Waals surface area contributed by atoms with Crippen LogP contribution in [0.4, 0.5) is 0 Å². The van der Waals surface area contributed by atoms with E-state index < -0.39 is 5.97 Å². The third kappa shape index (κ3) is 3.64. The fraction of sp³-hybridized carbons (Fsp3) is 0.235. The maximum atomic E-state index is 11.0. The number of benzene rings is 2. The Kier molecular flexibility index (Phi) is 4.68. The zero-order chi connectivity index (χ0) is 15.6. The molecule has 110 valence electrons. The number of aryl methyl sites for hydroxylation is 1. The number of halogens is 1. The molecule has 1 N–H and O–H groups in total. The van der Waals surface area contributed by atoms with Crippen LogP contribution in [0.15, 0.2) is 40.9 Å². The van der Waals surface area contributed by atoms with Gasteiger partial charge in [-0.2, -0.15) is 0 Å². The van der Waals surface area contributed by atoms with Crippen LogP contribution in [0, 0.1) is 6.92 Å². The van der Waals surface area contributed by atoms with Gasteiger partial charge in [-0.3, -0.25) is 0 Å². The Morgan fingerprint density at radius 3 is 2.29 bits per heavy atom. The van der Waals surface area contributed by atoms with E-state index in [1.807, 2.05) is 12.1 Å². The van der Waals surface area contributed by atoms with Gasteiger partial charge in [0.1, 0.15) is 11.5 Å². The zero-order valence-electron chi connectivity index (χ0n) is 12.2. The minimum atomic E-state index is -0.967. The number of carboxylic acid groups (broad SMARTS) is 1. The Labute approximate surface area is 132 Å². The zero-order valence-corrected chi connectivity index (χ0v) is 13.8. The number of aromatic carboxylic acids is 1. The maximum Gasteiger partial charge on any atom is 0.336 e. The molecule has 2 rings (SSSR count). The Morgan fingerprint density at radius 1 is 1.14 bits per heavy atom. The molecule has 0 aliphatic rings. The molecule has 0 atom stereocenters. The second-order valence-corrected chi connectivity index (χ2v) is 6.08. The Bertz CT molecular complexity index is 678. The predicted molar refractivity (Wildman–Crippen MR) is 86.4 cm³/mol. The lowest BCUT2D eigenvalue weighted by atomic mass is 9.98. The van der Waals surface area contributed by atoms with Gasteiger partial charge in [0.05, 0.1) is 5.56 Å². The molecule has 0 radical (unpaired) electrons. The summed E-state index contributed by atoms with van der Waals surface area (Å²) in [7, 11) is 0. The van der Waals surface area contributed by atoms with Crippen molar-refractivity contribution in [2.24, 2.45) is 0 Å². The smallest absolute Gasteiger partial charge is 0.336 e. The molecule has 0 heterocycles. The third-order valence-electron chi connectivity index (χ3n) is 3.27. The van der Waals surface area contributed by atoms with E-state index >= 15 is 0 Å². The lowest BCUT2D eigenvalue weighted by Crippen LogP contribution is -1.98. The highest BCUT2D eigenvalue weighted by molar-refractivity contribution is 9.10. The van der Waals surface area contributed by atoms with E-state index in [0.29, 0.717) is 16.1 Å². The van der Waals surface area contributed by atoms with Crippen molar-refractivity contribution in [2.75, 3.05) is 0 Å². The highest BCUT2D eigenvalue weighted by atomic mass is 79.9. The van der Waals surface area contributed by atoms with Gasteiger partial charge < -0.3 is 9.84 Å². The van der Waals surface area contributed by atoms with Gasteiger partial charge in [-0.15, -0.1) is 0 Å². The number of carboxylic acids is 1. The van der Waals surface area contributed by atoms with Crippen LogP contribution in [0.5, 0.6) is 11.5 Å². The van der Waals surface area contributed by atoms with Gasteiger partial charge in [0, 0.05) is 4.47 Å². The minimum absolute atomic E-state index is 0.216. The monoisotopic (exact) mass is 348 g/mol. The summed E-state index contributed by atoms with van der Waals surface area (Å²) in [5.74, 6) is 0.851. The summed E-state index contributed by atoms with van der Waals surface area (Å²) >= 11 is 3.25. The summed E-state index contributed by atoms with van der Waals surface area (Å²) in [6.45, 7) is 6.38. The molecule has 0 spiro atoms. The highest BCUT2D eigenvalue weighted by Crippen LogP contribution is 2.29. The van der Waals surface area contributed by atoms with Crippen LogP contribution in [-0.2, 0) is 0 Å². The first-order valence-corrected chi connectivity index (χ1v) is 7.49. The van der Waals surface area contributed by atoms with E-state index in [1.165, 1.54) is 17.2 Å². The molecule has 3 nitrogen and oxygen atoms in total. The Hall–Kier alpha value is -1.81. The van der Waals surface area contributed by atoms with E-state index in [1.54, 1.807) is 12.1 Å². The molecule has 2 aromatic carbocycles. The first-order chi connectivity index (χ1) is 9.88. The molecule has 0 aliphatic carbocycles. The fourth-order valence-corrected chi connectivity index (χ4v) is 2.76. The van der Waals surface area contributed by atoms with Gasteiger partial charge in [0.25, 0.3) is 0 Å². The summed E-state index contributed by atoms with van der Waals surface area (Å²) in [6, 6.07) is 10.8. The molecule has 0 saturated carbocycles. The van der Waals surface area contributed by atoms with Crippen molar-refractivity contribution in [1.82, 2.24) is 0 Å². The molecule has 0 aromatic heterocycles. The SMILES string of the molecule is Cc1cc(Oc2ccc(C(=O)O)c(Br)c2)ccc1C(C)C. The van der Waals surface area contributed by atoms with Crippen LogP contribution in [0.2, 0.25) is 0 Å². The number of hydrogen-bond donors (Lipinski definition) is 1. The molecule has 2 aromatic rings. The van der Waals surface area contributed by atoms with Crippen molar-refractivity contribution in [3.05, 3.63) is 57.6 Å². The van der Waals surface area contributed by atoms with Crippen molar-refractivity contribution in [3.63, 3.8) is 0 Å². The number of carbonyl (C=O) groups is 1. The first-order valence-electron chi connectivity index (χ1n) is 6.69. The molecular weight excluding hydrogens is 332 g/mol. The van der Waals surface area contributed by atoms with Crippen LogP contribution < -0.4 is 4.74 Å². The summed E-state index contributed by atoms with van der Waals surface area (Å²) in [6.07, 6.45) is 0. The molecule has 0 saturated heterocycles. The average molecular weight is 349 g/mol. The maximum absolute atomic E-state index is 11.0. The predicted octanol–water partition coefficient (Wildman–Crippen LogP) is 5.37. The normalized spacial score (nSPS) is 10.7. The average Bonchev–Trinajstić information content (AvgIpc) is 2.37. The van der Waals surface area contributed by atoms with Crippen LogP contribution in [0.1, 0.15) is 41.3 Å². The number of hydrogen-bond acceptors (Lipinski definition) is 2. The van der Waals surface area contributed by atoms with E-state index in [9.17, 15) is 4.79 Å². The van der Waals surface area contributed by atoms with Gasteiger partial charge in [0.15, 0.2) is 0 Å². The molecular formula is C17H17BrO3. The van der Waals surface area contributed by atoms with E-state index in [4.69, 9.17) is 9.84 Å². The molecule has 4 heteroatoms. The summed E-state index contributed by atoms with van der Waals surface area (Å²) in [4.78, 5) is 11.0. The fourth-order valence-electron chi connectivity index (χ4n) is 2.23. The molecule has 0 aliphatic heterocycles. The Balaban J connectivity index is 2.24. The van der Waals surface area contributed by atoms with Gasteiger partial charge in [-0.05, 0) is 70.2 Å². The van der Waals surface area contributed by atoms with Crippen molar-refractivity contribution < 1.29 is 14.6 Å². The molecule has 0 amide bonds. The van der Waals surface area contributed by atoms with Gasteiger partial charge in [-0.25, -0.2) is 4.79 Å². The van der Waals surface area contributed by atoms with Crippen LogP contribution in [0.25, 0.3) is 0 Å². The quantitative estimate of drug-likeness (QED) is 0.807. The number of rotatable bonds is 4. The number of ether oxygens (including phenoxy) is 1. The van der Waals surface area contributed by atoms with Crippen molar-refractivity contribution >= 4 is 21.9 Å². The second kappa shape index (κ2) is 6.31. The van der Waals surface area contributed by atoms with Gasteiger partial charge >= 0.3 is 5.97 Å². The van der Waals surface area contributed by atoms with Crippen LogP contribution in [0.3, 0.4) is 0 Å². The van der Waals surface area contributed by atoms with Crippen LogP contribution in [-0.4, -0.2) is 11.1 Å². The van der Waals surface area contributed by atoms with Crippen molar-refractivity contribution in [3.8, 4) is 11.5 Å². The third-order valence-corrected chi connectivity index (χ3v) is 3.93. The lowest BCUT2D eigenvalue weighted by Gasteiger charge is -2.12. The topological polar surface area (TPSA) is 46.5 Å². The van der Waals surface area contributed by atoms with Crippen LogP contribution >= 0.6 is 15.9 Å². The molecule has 0 fully saturated rings. The standard InChI is InChI=1S/C17H17BrO3/c1-10(2)14-6-4-12(8-11(14)3)21-13-5-7-15(17(19)20)16(18)9-13/h4-10H,1-3H3,(H,19,20). The molecule has 0 unspecified atom stereocenters. The van der Waals surface area contributed by atoms with Gasteiger partial charge in [0.2, 0.25) is 0 Å². The van der Waals surface area contributed by atoms with E-state index in [2.05, 4.69) is 42.8 Å². The highest BCUT2D eigenvalue weighted by Gasteiger charge is 2.10. The Morgan fingerprint density at radius 2 is 1.76 bits per heavy atom. The summed E-state index contributed by atoms with van der Waals surface area (Å²) in [5, 5.41) is 8.99. The largest absolute Gasteiger partial charge is 0.478 e. The summed E-state index contributed by atoms with van der Waals surface area (Å²) < 4.78 is 6.29. The van der Waals surface area contributed by atoms with E-state index in [0.717, 1.165) is 5.75 Å². The second-order valence-electron chi connectivity index (χ2n) is 5.22. The summed E-state index contributed by atoms with van der Waals surface area (Å²) in [5.41, 5.74) is 2.70. The molecule has 21 heavy (non-hydrogen) atoms. The van der Waals surface area contributed by atoms with Crippen molar-refractivity contribution in [1.29, 1.82) is 0 Å². The molecule has 0 bridgehead atoms. The minimum Gasteiger partial charge on any atom is -0.478 e. The first kappa shape index (κ1) is 15.6. The van der Waals surface area contributed by atoms with Crippen molar-refractivity contribution in [2.45, 2.75) is 26.7 Å². The van der Waals surface area contributed by atoms with E-state index in [-0.39, 0.29) is 5.56 Å². The lowest BCUT2D eigenvalue weighted by molar-refractivity contribution is 0.0696. The van der Waals surface area contributed by atoms with Gasteiger partial charge in [-0.1, -0.05) is 19.9 Å².